The third-order valence-corrected chi connectivity index (χ3v) is 3.84. The first-order chi connectivity index (χ1) is 10.8. The monoisotopic (exact) mass is 290 g/mol. The van der Waals surface area contributed by atoms with Gasteiger partial charge in [-0.15, -0.1) is 10.2 Å². The minimum Gasteiger partial charge on any atom is -0.304 e. The first-order valence-corrected chi connectivity index (χ1v) is 7.13. The summed E-state index contributed by atoms with van der Waals surface area (Å²) in [6, 6.07) is 18.0. The number of nitrogens with zero attached hydrogens (tertiary/aromatic N) is 4. The molecule has 2 aromatic carbocycles. The summed E-state index contributed by atoms with van der Waals surface area (Å²) in [5, 5.41) is 8.25. The van der Waals surface area contributed by atoms with Crippen LogP contribution in [0.4, 0.5) is 0 Å². The Balaban J connectivity index is 2.08. The fourth-order valence-corrected chi connectivity index (χ4v) is 2.76. The van der Waals surface area contributed by atoms with E-state index >= 15 is 0 Å². The molecule has 4 aromatic rings. The molecule has 0 fully saturated rings. The van der Waals surface area contributed by atoms with Crippen LogP contribution in [0.2, 0.25) is 0 Å². The van der Waals surface area contributed by atoms with E-state index in [1.165, 1.54) is 0 Å². The molecule has 0 saturated heterocycles. The van der Waals surface area contributed by atoms with Crippen LogP contribution >= 0.6 is 0 Å². The first kappa shape index (κ1) is 12.8. The topological polar surface area (TPSA) is 52.2 Å². The molecule has 0 aliphatic carbocycles. The maximum Gasteiger partial charge on any atom is 0.281 e. The fourth-order valence-electron chi connectivity index (χ4n) is 2.76. The first-order valence-electron chi connectivity index (χ1n) is 7.13. The minimum absolute atomic E-state index is 0.118. The molecule has 0 spiro atoms. The Morgan fingerprint density at radius 2 is 1.59 bits per heavy atom. The number of aryl methyl sites for hydroxylation is 1. The lowest BCUT2D eigenvalue weighted by Crippen LogP contribution is -2.19. The van der Waals surface area contributed by atoms with Crippen LogP contribution in [0.5, 0.6) is 0 Å². The van der Waals surface area contributed by atoms with Gasteiger partial charge in [0.25, 0.3) is 5.56 Å². The van der Waals surface area contributed by atoms with Gasteiger partial charge in [-0.25, -0.2) is 4.40 Å². The van der Waals surface area contributed by atoms with Gasteiger partial charge >= 0.3 is 0 Å². The number of benzene rings is 2. The molecule has 0 aliphatic heterocycles. The molecule has 0 saturated carbocycles. The Labute approximate surface area is 126 Å². The summed E-state index contributed by atoms with van der Waals surface area (Å²) >= 11 is 0. The van der Waals surface area contributed by atoms with Crippen LogP contribution in [-0.2, 0) is 6.54 Å². The van der Waals surface area contributed by atoms with E-state index in [-0.39, 0.29) is 5.56 Å². The summed E-state index contributed by atoms with van der Waals surface area (Å²) in [7, 11) is 0. The molecule has 2 aromatic heterocycles. The highest BCUT2D eigenvalue weighted by Gasteiger charge is 2.14. The van der Waals surface area contributed by atoms with Crippen LogP contribution < -0.4 is 5.56 Å². The van der Waals surface area contributed by atoms with E-state index in [1.54, 1.807) is 11.3 Å². The van der Waals surface area contributed by atoms with Crippen LogP contribution in [0.25, 0.3) is 16.8 Å². The number of aromatic nitrogens is 4. The third-order valence-electron chi connectivity index (χ3n) is 3.84. The normalized spacial score (nSPS) is 11.3. The summed E-state index contributed by atoms with van der Waals surface area (Å²) in [4.78, 5) is 12.5. The summed E-state index contributed by atoms with van der Waals surface area (Å²) in [5.41, 5.74) is 3.27. The number of fused-ring (bicyclic) bond motifs is 3. The predicted molar refractivity (Wildman–Crippen MR) is 85.0 cm³/mol. The molecule has 2 heterocycles. The number of hydrogen-bond acceptors (Lipinski definition) is 3. The number of para-hydroxylation sites is 2. The Hall–Kier alpha value is -2.95. The molecule has 0 N–H and O–H groups in total. The quantitative estimate of drug-likeness (QED) is 0.569. The number of hydrogen-bond donors (Lipinski definition) is 0. The van der Waals surface area contributed by atoms with Crippen molar-refractivity contribution in [3.05, 3.63) is 76.2 Å². The lowest BCUT2D eigenvalue weighted by atomic mass is 10.2. The van der Waals surface area contributed by atoms with Crippen molar-refractivity contribution in [2.24, 2.45) is 0 Å². The fraction of sp³-hybridized carbons (Fsp3) is 0.118. The van der Waals surface area contributed by atoms with Crippen LogP contribution in [-0.4, -0.2) is 19.2 Å². The van der Waals surface area contributed by atoms with Crippen molar-refractivity contribution in [3.8, 4) is 0 Å². The highest BCUT2D eigenvalue weighted by molar-refractivity contribution is 5.80. The maximum atomic E-state index is 12.5. The van der Waals surface area contributed by atoms with Crippen molar-refractivity contribution in [1.29, 1.82) is 0 Å². The summed E-state index contributed by atoms with van der Waals surface area (Å²) in [5.74, 6) is 0.570. The van der Waals surface area contributed by atoms with Gasteiger partial charge in [-0.05, 0) is 24.6 Å². The second-order valence-corrected chi connectivity index (χ2v) is 5.29. The Bertz CT molecular complexity index is 1030. The van der Waals surface area contributed by atoms with Crippen molar-refractivity contribution in [2.75, 3.05) is 0 Å². The van der Waals surface area contributed by atoms with Crippen LogP contribution in [0.1, 0.15) is 11.3 Å². The van der Waals surface area contributed by atoms with E-state index in [1.807, 2.05) is 47.0 Å². The molecule has 108 valence electrons. The molecule has 0 radical (unpaired) electrons. The minimum atomic E-state index is -0.118. The largest absolute Gasteiger partial charge is 0.304 e. The third kappa shape index (κ3) is 1.83. The molecule has 5 nitrogen and oxygen atoms in total. The Kier molecular flexibility index (Phi) is 2.79. The molecule has 5 heteroatoms. The van der Waals surface area contributed by atoms with Crippen molar-refractivity contribution in [1.82, 2.24) is 19.2 Å². The van der Waals surface area contributed by atoms with Crippen molar-refractivity contribution in [2.45, 2.75) is 13.5 Å². The highest BCUT2D eigenvalue weighted by Crippen LogP contribution is 2.19. The molecule has 0 amide bonds. The van der Waals surface area contributed by atoms with Crippen LogP contribution in [0, 0.1) is 6.92 Å². The molecule has 0 atom stereocenters. The smallest absolute Gasteiger partial charge is 0.281 e. The van der Waals surface area contributed by atoms with Gasteiger partial charge in [0.05, 0.1) is 17.6 Å². The van der Waals surface area contributed by atoms with Crippen LogP contribution in [0.15, 0.2) is 59.4 Å². The van der Waals surface area contributed by atoms with Gasteiger partial charge in [0.2, 0.25) is 5.78 Å². The van der Waals surface area contributed by atoms with E-state index in [0.717, 1.165) is 16.6 Å². The lowest BCUT2D eigenvalue weighted by Gasteiger charge is -2.05. The average Bonchev–Trinajstić information content (AvgIpc) is 2.87. The van der Waals surface area contributed by atoms with Gasteiger partial charge < -0.3 is 4.57 Å². The van der Waals surface area contributed by atoms with Crippen molar-refractivity contribution >= 4 is 16.8 Å². The highest BCUT2D eigenvalue weighted by atomic mass is 16.1. The Morgan fingerprint density at radius 3 is 2.36 bits per heavy atom. The molecular formula is C17H14N4O. The zero-order valence-electron chi connectivity index (χ0n) is 12.1. The van der Waals surface area contributed by atoms with Gasteiger partial charge in [0.15, 0.2) is 0 Å². The predicted octanol–water partition coefficient (Wildman–Crippen LogP) is 2.40. The van der Waals surface area contributed by atoms with E-state index in [0.29, 0.717) is 18.0 Å². The molecule has 0 aliphatic rings. The zero-order chi connectivity index (χ0) is 15.1. The van der Waals surface area contributed by atoms with E-state index in [9.17, 15) is 4.79 Å². The van der Waals surface area contributed by atoms with Crippen molar-refractivity contribution < 1.29 is 0 Å². The van der Waals surface area contributed by atoms with Gasteiger partial charge in [-0.2, -0.15) is 0 Å². The molecule has 0 bridgehead atoms. The second-order valence-electron chi connectivity index (χ2n) is 5.29. The number of imidazole rings is 1. The zero-order valence-corrected chi connectivity index (χ0v) is 12.1. The SMILES string of the molecule is Cc1nnc2n(Cc3ccccc3)c3ccccc3n2c1=O. The van der Waals surface area contributed by atoms with Gasteiger partial charge in [-0.3, -0.25) is 4.79 Å². The number of rotatable bonds is 2. The van der Waals surface area contributed by atoms with Crippen LogP contribution in [0.3, 0.4) is 0 Å². The lowest BCUT2D eigenvalue weighted by molar-refractivity contribution is 0.797. The standard InChI is InChI=1S/C17H14N4O/c1-12-16(22)21-15-10-6-5-9-14(15)20(17(21)19-18-12)11-13-7-3-2-4-8-13/h2-10H,11H2,1H3. The van der Waals surface area contributed by atoms with Gasteiger partial charge in [0.1, 0.15) is 5.69 Å². The van der Waals surface area contributed by atoms with E-state index < -0.39 is 0 Å². The molecule has 22 heavy (non-hydrogen) atoms. The summed E-state index contributed by atoms with van der Waals surface area (Å²) < 4.78 is 3.67. The molecular weight excluding hydrogens is 276 g/mol. The van der Waals surface area contributed by atoms with Gasteiger partial charge in [-0.1, -0.05) is 42.5 Å². The van der Waals surface area contributed by atoms with E-state index in [4.69, 9.17) is 0 Å². The molecule has 0 unspecified atom stereocenters. The van der Waals surface area contributed by atoms with Gasteiger partial charge in [0, 0.05) is 0 Å². The second kappa shape index (κ2) is 4.80. The van der Waals surface area contributed by atoms with Crippen molar-refractivity contribution in [3.63, 3.8) is 0 Å². The Morgan fingerprint density at radius 1 is 0.909 bits per heavy atom. The maximum absolute atomic E-state index is 12.5. The molecule has 4 rings (SSSR count). The summed E-state index contributed by atoms with van der Waals surface area (Å²) in [6.07, 6.45) is 0. The van der Waals surface area contributed by atoms with E-state index in [2.05, 4.69) is 22.3 Å². The summed E-state index contributed by atoms with van der Waals surface area (Å²) in [6.45, 7) is 2.33. The average molecular weight is 290 g/mol.